The molecule has 0 spiro atoms. The zero-order chi connectivity index (χ0) is 26.0. The summed E-state index contributed by atoms with van der Waals surface area (Å²) in [5, 5.41) is 17.2. The predicted molar refractivity (Wildman–Crippen MR) is 137 cm³/mol. The van der Waals surface area contributed by atoms with Crippen molar-refractivity contribution in [2.24, 2.45) is 0 Å². The van der Waals surface area contributed by atoms with Crippen molar-refractivity contribution in [3.8, 4) is 5.75 Å². The summed E-state index contributed by atoms with van der Waals surface area (Å²) in [4.78, 5) is 9.24. The highest BCUT2D eigenvalue weighted by molar-refractivity contribution is 5.86. The van der Waals surface area contributed by atoms with Gasteiger partial charge >= 0.3 is 0 Å². The van der Waals surface area contributed by atoms with Gasteiger partial charge in [0.05, 0.1) is 20.2 Å². The number of rotatable bonds is 9. The van der Waals surface area contributed by atoms with Gasteiger partial charge in [0.1, 0.15) is 35.6 Å². The zero-order valence-corrected chi connectivity index (χ0v) is 20.5. The largest absolute Gasteiger partial charge is 0.497 e. The fourth-order valence-electron chi connectivity index (χ4n) is 4.80. The maximum atomic E-state index is 15.1. The van der Waals surface area contributed by atoms with Crippen LogP contribution in [0.5, 0.6) is 5.75 Å². The van der Waals surface area contributed by atoms with Gasteiger partial charge < -0.3 is 19.7 Å². The summed E-state index contributed by atoms with van der Waals surface area (Å²) in [6, 6.07) is 16.7. The third-order valence-corrected chi connectivity index (χ3v) is 6.57. The lowest BCUT2D eigenvalue weighted by molar-refractivity contribution is 0.0182. The fourth-order valence-corrected chi connectivity index (χ4v) is 4.80. The molecule has 0 amide bonds. The van der Waals surface area contributed by atoms with Crippen LogP contribution in [0.4, 0.5) is 14.5 Å². The Morgan fingerprint density at radius 3 is 2.62 bits per heavy atom. The minimum absolute atomic E-state index is 0.0136. The molecule has 1 atom stereocenters. The van der Waals surface area contributed by atoms with Crippen LogP contribution in [0.25, 0.3) is 10.9 Å². The smallest absolute Gasteiger partial charge is 0.137 e. The normalized spacial score (nSPS) is 13.0. The SMILES string of the molecule is COc1ccc(N(Cc2c[nH]c3cccc(C)c23)CC(O)(Cn2cncn2)c2ccc(F)cc2F)cc1. The molecule has 1 unspecified atom stereocenters. The van der Waals surface area contributed by atoms with Gasteiger partial charge in [0.2, 0.25) is 0 Å². The molecule has 7 nitrogen and oxygen atoms in total. The van der Waals surface area contributed by atoms with E-state index in [1.54, 1.807) is 7.11 Å². The molecule has 9 heteroatoms. The Bertz CT molecular complexity index is 1500. The third-order valence-electron chi connectivity index (χ3n) is 6.57. The number of nitrogens with zero attached hydrogens (tertiary/aromatic N) is 4. The molecule has 37 heavy (non-hydrogen) atoms. The van der Waals surface area contributed by atoms with Gasteiger partial charge in [0, 0.05) is 41.0 Å². The molecule has 0 saturated carbocycles. The molecule has 0 aliphatic heterocycles. The molecule has 0 aliphatic carbocycles. The Kier molecular flexibility index (Phi) is 6.62. The monoisotopic (exact) mass is 503 g/mol. The zero-order valence-electron chi connectivity index (χ0n) is 20.5. The number of nitrogens with one attached hydrogen (secondary N) is 1. The van der Waals surface area contributed by atoms with E-state index >= 15 is 4.39 Å². The predicted octanol–water partition coefficient (Wildman–Crippen LogP) is 4.95. The number of H-pyrrole nitrogens is 1. The highest BCUT2D eigenvalue weighted by atomic mass is 19.1. The van der Waals surface area contributed by atoms with Gasteiger partial charge in [-0.25, -0.2) is 18.4 Å². The Labute approximate surface area is 213 Å². The summed E-state index contributed by atoms with van der Waals surface area (Å²) in [5.74, 6) is -0.861. The molecular weight excluding hydrogens is 476 g/mol. The van der Waals surface area contributed by atoms with Crippen LogP contribution in [0.3, 0.4) is 0 Å². The standard InChI is InChI=1S/C28H27F2N5O2/c1-19-4-3-5-26-27(19)20(13-32-26)14-34(22-7-9-23(37-2)10-8-22)15-28(36,16-35-18-31-17-33-35)24-11-6-21(29)12-25(24)30/h3-13,17-18,32,36H,14-16H2,1-2H3. The summed E-state index contributed by atoms with van der Waals surface area (Å²) in [6.07, 6.45) is 4.74. The van der Waals surface area contributed by atoms with Crippen LogP contribution in [0.15, 0.2) is 79.5 Å². The average molecular weight is 504 g/mol. The first kappa shape index (κ1) is 24.5. The number of ether oxygens (including phenoxy) is 1. The second-order valence-electron chi connectivity index (χ2n) is 9.11. The number of anilines is 1. The average Bonchev–Trinajstić information content (AvgIpc) is 3.54. The van der Waals surface area contributed by atoms with Gasteiger partial charge in [0.15, 0.2) is 0 Å². The van der Waals surface area contributed by atoms with Crippen LogP contribution in [0, 0.1) is 18.6 Å². The van der Waals surface area contributed by atoms with Gasteiger partial charge in [0.25, 0.3) is 0 Å². The van der Waals surface area contributed by atoms with Crippen molar-refractivity contribution in [3.05, 3.63) is 108 Å². The molecule has 0 saturated heterocycles. The molecule has 190 valence electrons. The van der Waals surface area contributed by atoms with E-state index in [2.05, 4.69) is 15.1 Å². The second-order valence-corrected chi connectivity index (χ2v) is 9.11. The Morgan fingerprint density at radius 2 is 1.92 bits per heavy atom. The van der Waals surface area contributed by atoms with E-state index in [-0.39, 0.29) is 18.7 Å². The van der Waals surface area contributed by atoms with Crippen LogP contribution < -0.4 is 9.64 Å². The van der Waals surface area contributed by atoms with E-state index in [0.29, 0.717) is 12.3 Å². The number of methoxy groups -OCH3 is 1. The first-order valence-electron chi connectivity index (χ1n) is 11.8. The fraction of sp³-hybridized carbons (Fsp3) is 0.214. The summed E-state index contributed by atoms with van der Waals surface area (Å²) in [6.45, 7) is 2.36. The van der Waals surface area contributed by atoms with E-state index in [9.17, 15) is 9.50 Å². The third kappa shape index (κ3) is 5.03. The maximum absolute atomic E-state index is 15.1. The number of benzene rings is 3. The number of aromatic amines is 1. The quantitative estimate of drug-likeness (QED) is 0.298. The number of hydrogen-bond acceptors (Lipinski definition) is 5. The van der Waals surface area contributed by atoms with E-state index in [1.807, 2.05) is 60.5 Å². The summed E-state index contributed by atoms with van der Waals surface area (Å²) < 4.78 is 35.6. The first-order chi connectivity index (χ1) is 17.9. The van der Waals surface area contributed by atoms with Crippen molar-refractivity contribution < 1.29 is 18.6 Å². The van der Waals surface area contributed by atoms with Crippen LogP contribution in [-0.2, 0) is 18.7 Å². The van der Waals surface area contributed by atoms with Crippen molar-refractivity contribution in [2.45, 2.75) is 25.6 Å². The van der Waals surface area contributed by atoms with Crippen LogP contribution in [0.1, 0.15) is 16.7 Å². The highest BCUT2D eigenvalue weighted by Gasteiger charge is 2.36. The van der Waals surface area contributed by atoms with E-state index in [4.69, 9.17) is 4.74 Å². The van der Waals surface area contributed by atoms with Gasteiger partial charge in [-0.15, -0.1) is 0 Å². The molecule has 2 aromatic heterocycles. The Morgan fingerprint density at radius 1 is 1.11 bits per heavy atom. The van der Waals surface area contributed by atoms with Crippen molar-refractivity contribution >= 4 is 16.6 Å². The van der Waals surface area contributed by atoms with Crippen LogP contribution >= 0.6 is 0 Å². The number of aliphatic hydroxyl groups is 1. The van der Waals surface area contributed by atoms with Crippen LogP contribution in [-0.4, -0.2) is 38.5 Å². The molecule has 5 rings (SSSR count). The minimum atomic E-state index is -1.77. The topological polar surface area (TPSA) is 79.2 Å². The Hall–Kier alpha value is -4.24. The molecule has 0 fully saturated rings. The summed E-state index contributed by atoms with van der Waals surface area (Å²) in [7, 11) is 1.59. The molecular formula is C28H27F2N5O2. The molecule has 0 bridgehead atoms. The highest BCUT2D eigenvalue weighted by Crippen LogP contribution is 2.33. The van der Waals surface area contributed by atoms with Crippen molar-refractivity contribution in [2.75, 3.05) is 18.6 Å². The second kappa shape index (κ2) is 10.0. The number of fused-ring (bicyclic) bond motifs is 1. The summed E-state index contributed by atoms with van der Waals surface area (Å²) in [5.41, 5.74) is 2.14. The van der Waals surface area contributed by atoms with Gasteiger partial charge in [-0.3, -0.25) is 0 Å². The lowest BCUT2D eigenvalue weighted by Gasteiger charge is -2.36. The molecule has 0 radical (unpaired) electrons. The lowest BCUT2D eigenvalue weighted by atomic mass is 9.91. The van der Waals surface area contributed by atoms with E-state index in [1.165, 1.54) is 23.4 Å². The number of aromatic nitrogens is 4. The molecule has 2 heterocycles. The van der Waals surface area contributed by atoms with Crippen LogP contribution in [0.2, 0.25) is 0 Å². The summed E-state index contributed by atoms with van der Waals surface area (Å²) >= 11 is 0. The lowest BCUT2D eigenvalue weighted by Crippen LogP contribution is -2.44. The Balaban J connectivity index is 1.59. The first-order valence-corrected chi connectivity index (χ1v) is 11.8. The molecule has 5 aromatic rings. The van der Waals surface area contributed by atoms with Crippen molar-refractivity contribution in [3.63, 3.8) is 0 Å². The maximum Gasteiger partial charge on any atom is 0.137 e. The van der Waals surface area contributed by atoms with Crippen molar-refractivity contribution in [1.82, 2.24) is 19.7 Å². The minimum Gasteiger partial charge on any atom is -0.497 e. The number of hydrogen-bond donors (Lipinski definition) is 2. The van der Waals surface area contributed by atoms with Gasteiger partial charge in [-0.1, -0.05) is 18.2 Å². The molecule has 3 aromatic carbocycles. The molecule has 2 N–H and O–H groups in total. The number of halogens is 2. The van der Waals surface area contributed by atoms with Gasteiger partial charge in [-0.05, 0) is 54.4 Å². The number of aryl methyl sites for hydroxylation is 1. The van der Waals surface area contributed by atoms with Crippen molar-refractivity contribution in [1.29, 1.82) is 0 Å². The van der Waals surface area contributed by atoms with Gasteiger partial charge in [-0.2, -0.15) is 5.10 Å². The van der Waals surface area contributed by atoms with E-state index < -0.39 is 17.2 Å². The molecule has 0 aliphatic rings. The van der Waals surface area contributed by atoms with E-state index in [0.717, 1.165) is 39.8 Å².